The van der Waals surface area contributed by atoms with Crippen LogP contribution in [0.15, 0.2) is 12.4 Å². The van der Waals surface area contributed by atoms with Gasteiger partial charge < -0.3 is 0 Å². The number of hydrogen-bond donors (Lipinski definition) is 0. The van der Waals surface area contributed by atoms with Crippen LogP contribution in [0, 0.1) is 11.3 Å². The SMILES string of the molecule is N#Cc1cnn(C2CN(CCN3CCCS3(=O)=O)C2)c1. The smallest absolute Gasteiger partial charge is 0.214 e. The van der Waals surface area contributed by atoms with Gasteiger partial charge in [-0.3, -0.25) is 9.58 Å². The summed E-state index contributed by atoms with van der Waals surface area (Å²) in [5.41, 5.74) is 0.576. The highest BCUT2D eigenvalue weighted by Crippen LogP contribution is 2.21. The van der Waals surface area contributed by atoms with Crippen molar-refractivity contribution >= 4 is 10.0 Å². The number of nitrogens with zero attached hydrogens (tertiary/aromatic N) is 5. The van der Waals surface area contributed by atoms with E-state index < -0.39 is 10.0 Å². The van der Waals surface area contributed by atoms with E-state index in [1.54, 1.807) is 16.7 Å². The summed E-state index contributed by atoms with van der Waals surface area (Å²) in [6.07, 6.45) is 4.07. The minimum Gasteiger partial charge on any atom is -0.298 e. The predicted molar refractivity (Wildman–Crippen MR) is 72.4 cm³/mol. The Morgan fingerprint density at radius 2 is 2.20 bits per heavy atom. The molecule has 0 amide bonds. The van der Waals surface area contributed by atoms with Crippen LogP contribution >= 0.6 is 0 Å². The summed E-state index contributed by atoms with van der Waals surface area (Å²) in [6.45, 7) is 3.73. The second-order valence-electron chi connectivity index (χ2n) is 5.30. The fourth-order valence-corrected chi connectivity index (χ4v) is 4.20. The normalized spacial score (nSPS) is 23.6. The lowest BCUT2D eigenvalue weighted by Gasteiger charge is -2.39. The summed E-state index contributed by atoms with van der Waals surface area (Å²) in [4.78, 5) is 2.21. The van der Waals surface area contributed by atoms with Crippen LogP contribution in [-0.4, -0.2) is 65.9 Å². The molecule has 0 unspecified atom stereocenters. The second-order valence-corrected chi connectivity index (χ2v) is 7.39. The standard InChI is InChI=1S/C12H17N5O2S/c13-6-11-7-14-17(8-11)12-9-15(10-12)3-4-16-2-1-5-20(16,18)19/h7-8,12H,1-5,9-10H2. The molecule has 0 atom stereocenters. The van der Waals surface area contributed by atoms with Crippen LogP contribution in [0.1, 0.15) is 18.0 Å². The molecule has 0 aromatic carbocycles. The Kier molecular flexibility index (Phi) is 3.50. The third kappa shape index (κ3) is 2.57. The van der Waals surface area contributed by atoms with Crippen LogP contribution in [0.5, 0.6) is 0 Å². The molecule has 8 heteroatoms. The minimum atomic E-state index is -2.98. The van der Waals surface area contributed by atoms with Crippen LogP contribution in [0.2, 0.25) is 0 Å². The number of hydrogen-bond acceptors (Lipinski definition) is 5. The van der Waals surface area contributed by atoms with Gasteiger partial charge in [-0.15, -0.1) is 0 Å². The third-order valence-corrected chi connectivity index (χ3v) is 5.87. The van der Waals surface area contributed by atoms with E-state index in [9.17, 15) is 8.42 Å². The van der Waals surface area contributed by atoms with Gasteiger partial charge in [0.15, 0.2) is 0 Å². The molecule has 2 fully saturated rings. The summed E-state index contributed by atoms with van der Waals surface area (Å²) >= 11 is 0. The monoisotopic (exact) mass is 295 g/mol. The van der Waals surface area contributed by atoms with Gasteiger partial charge in [-0.05, 0) is 6.42 Å². The number of rotatable bonds is 4. The van der Waals surface area contributed by atoms with Crippen molar-refractivity contribution in [2.45, 2.75) is 12.5 Å². The zero-order valence-electron chi connectivity index (χ0n) is 11.1. The first-order valence-electron chi connectivity index (χ1n) is 6.73. The van der Waals surface area contributed by atoms with Crippen molar-refractivity contribution in [3.05, 3.63) is 18.0 Å². The van der Waals surface area contributed by atoms with Crippen LogP contribution in [0.4, 0.5) is 0 Å². The molecule has 2 saturated heterocycles. The molecule has 0 bridgehead atoms. The lowest BCUT2D eigenvalue weighted by Crippen LogP contribution is -2.50. The number of likely N-dealkylation sites (tertiary alicyclic amines) is 1. The Hall–Kier alpha value is -1.43. The number of aromatic nitrogens is 2. The van der Waals surface area contributed by atoms with Crippen LogP contribution < -0.4 is 0 Å². The van der Waals surface area contributed by atoms with Crippen molar-refractivity contribution < 1.29 is 8.42 Å². The molecule has 0 saturated carbocycles. The summed E-state index contributed by atoms with van der Waals surface area (Å²) in [6, 6.07) is 2.36. The van der Waals surface area contributed by atoms with Crippen molar-refractivity contribution in [2.75, 3.05) is 38.5 Å². The lowest BCUT2D eigenvalue weighted by atomic mass is 10.1. The van der Waals surface area contributed by atoms with E-state index in [0.29, 0.717) is 30.4 Å². The van der Waals surface area contributed by atoms with E-state index in [4.69, 9.17) is 5.26 Å². The molecular formula is C12H17N5O2S. The first kappa shape index (κ1) is 13.5. The quantitative estimate of drug-likeness (QED) is 0.758. The summed E-state index contributed by atoms with van der Waals surface area (Å²) in [7, 11) is -2.98. The summed E-state index contributed by atoms with van der Waals surface area (Å²) in [5.74, 6) is 0.292. The van der Waals surface area contributed by atoms with Gasteiger partial charge in [-0.1, -0.05) is 0 Å². The van der Waals surface area contributed by atoms with Gasteiger partial charge in [0.2, 0.25) is 10.0 Å². The molecule has 0 spiro atoms. The highest BCUT2D eigenvalue weighted by atomic mass is 32.2. The Labute approximate surface area is 118 Å². The molecule has 0 N–H and O–H groups in total. The van der Waals surface area contributed by atoms with Crippen LogP contribution in [0.25, 0.3) is 0 Å². The van der Waals surface area contributed by atoms with Crippen LogP contribution in [0.3, 0.4) is 0 Å². The van der Waals surface area contributed by atoms with Gasteiger partial charge >= 0.3 is 0 Å². The molecule has 20 heavy (non-hydrogen) atoms. The van der Waals surface area contributed by atoms with Gasteiger partial charge in [-0.2, -0.15) is 10.4 Å². The average Bonchev–Trinajstić information content (AvgIpc) is 2.94. The maximum absolute atomic E-state index is 11.7. The molecule has 2 aliphatic heterocycles. The molecule has 108 valence electrons. The van der Waals surface area contributed by atoms with Crippen LogP contribution in [-0.2, 0) is 10.0 Å². The van der Waals surface area contributed by atoms with E-state index in [2.05, 4.69) is 16.1 Å². The molecule has 0 radical (unpaired) electrons. The highest BCUT2D eigenvalue weighted by Gasteiger charge is 2.32. The first-order valence-corrected chi connectivity index (χ1v) is 8.34. The maximum Gasteiger partial charge on any atom is 0.214 e. The van der Waals surface area contributed by atoms with E-state index in [0.717, 1.165) is 26.1 Å². The highest BCUT2D eigenvalue weighted by molar-refractivity contribution is 7.89. The topological polar surface area (TPSA) is 82.2 Å². The lowest BCUT2D eigenvalue weighted by molar-refractivity contribution is 0.0940. The maximum atomic E-state index is 11.7. The Balaban J connectivity index is 1.46. The van der Waals surface area contributed by atoms with Gasteiger partial charge in [0.25, 0.3) is 0 Å². The molecule has 2 aliphatic rings. The van der Waals surface area contributed by atoms with E-state index in [-0.39, 0.29) is 0 Å². The number of sulfonamides is 1. The third-order valence-electron chi connectivity index (χ3n) is 3.91. The molecule has 3 rings (SSSR count). The van der Waals surface area contributed by atoms with Gasteiger partial charge in [0.1, 0.15) is 6.07 Å². The van der Waals surface area contributed by atoms with Crippen molar-refractivity contribution in [1.82, 2.24) is 19.0 Å². The minimum absolute atomic E-state index is 0.292. The Morgan fingerprint density at radius 1 is 1.40 bits per heavy atom. The zero-order chi connectivity index (χ0) is 14.2. The second kappa shape index (κ2) is 5.16. The molecule has 3 heterocycles. The molecule has 7 nitrogen and oxygen atoms in total. The van der Waals surface area contributed by atoms with E-state index in [1.165, 1.54) is 0 Å². The van der Waals surface area contributed by atoms with Gasteiger partial charge in [-0.25, -0.2) is 12.7 Å². The molecular weight excluding hydrogens is 278 g/mol. The Morgan fingerprint density at radius 3 is 2.80 bits per heavy atom. The van der Waals surface area contributed by atoms with E-state index in [1.807, 2.05) is 4.68 Å². The van der Waals surface area contributed by atoms with Crippen molar-refractivity contribution in [2.24, 2.45) is 0 Å². The summed E-state index contributed by atoms with van der Waals surface area (Å²) in [5, 5.41) is 12.9. The fraction of sp³-hybridized carbons (Fsp3) is 0.667. The van der Waals surface area contributed by atoms with E-state index >= 15 is 0 Å². The summed E-state index contributed by atoms with van der Waals surface area (Å²) < 4.78 is 26.7. The van der Waals surface area contributed by atoms with Crippen molar-refractivity contribution in [1.29, 1.82) is 5.26 Å². The molecule has 1 aromatic heterocycles. The zero-order valence-corrected chi connectivity index (χ0v) is 12.0. The first-order chi connectivity index (χ1) is 9.58. The largest absolute Gasteiger partial charge is 0.298 e. The van der Waals surface area contributed by atoms with Crippen molar-refractivity contribution in [3.63, 3.8) is 0 Å². The fourth-order valence-electron chi connectivity index (χ4n) is 2.68. The van der Waals surface area contributed by atoms with Crippen molar-refractivity contribution in [3.8, 4) is 6.07 Å². The Bertz CT molecular complexity index is 627. The van der Waals surface area contributed by atoms with Gasteiger partial charge in [0, 0.05) is 38.9 Å². The average molecular weight is 295 g/mol. The number of nitriles is 1. The van der Waals surface area contributed by atoms with Gasteiger partial charge in [0.05, 0.1) is 23.6 Å². The molecule has 0 aliphatic carbocycles. The predicted octanol–water partition coefficient (Wildman–Crippen LogP) is -0.353. The molecule has 1 aromatic rings.